The van der Waals surface area contributed by atoms with Crippen molar-refractivity contribution in [3.63, 3.8) is 0 Å². The molecule has 9 nitrogen and oxygen atoms in total. The number of tetrazole rings is 1. The first-order valence-electron chi connectivity index (χ1n) is 11.0. The van der Waals surface area contributed by atoms with Crippen molar-refractivity contribution >= 4 is 10.9 Å². The lowest BCUT2D eigenvalue weighted by atomic mass is 10.0. The maximum atomic E-state index is 13.2. The number of aromatic nitrogens is 5. The van der Waals surface area contributed by atoms with E-state index < -0.39 is 0 Å². The van der Waals surface area contributed by atoms with Gasteiger partial charge in [0.2, 0.25) is 0 Å². The lowest BCUT2D eigenvalue weighted by Crippen LogP contribution is -2.33. The molecule has 1 fully saturated rings. The Morgan fingerprint density at radius 3 is 2.45 bits per heavy atom. The van der Waals surface area contributed by atoms with Gasteiger partial charge in [0.25, 0.3) is 5.56 Å². The maximum absolute atomic E-state index is 13.2. The van der Waals surface area contributed by atoms with Gasteiger partial charge in [-0.2, -0.15) is 0 Å². The molecule has 0 unspecified atom stereocenters. The maximum Gasteiger partial charge on any atom is 0.253 e. The van der Waals surface area contributed by atoms with E-state index in [1.807, 2.05) is 48.5 Å². The Hall–Kier alpha value is -3.72. The topological polar surface area (TPSA) is 98.2 Å². The van der Waals surface area contributed by atoms with Crippen molar-refractivity contribution < 1.29 is 9.47 Å². The molecule has 4 aromatic rings. The normalized spacial score (nSPS) is 15.1. The van der Waals surface area contributed by atoms with Crippen molar-refractivity contribution in [2.45, 2.75) is 25.4 Å². The molecule has 0 amide bonds. The predicted molar refractivity (Wildman–Crippen MR) is 124 cm³/mol. The quantitative estimate of drug-likeness (QED) is 0.466. The SMILES string of the molecule is COc1ccc(Cn2nnnc2[C@@H](c2cc3cc(OC)ccc3[nH]c2=O)N2CCCC2)cc1. The summed E-state index contributed by atoms with van der Waals surface area (Å²) in [6.45, 7) is 2.27. The first-order chi connectivity index (χ1) is 16.2. The molecule has 170 valence electrons. The number of ether oxygens (including phenoxy) is 2. The molecule has 33 heavy (non-hydrogen) atoms. The first-order valence-corrected chi connectivity index (χ1v) is 11.0. The number of methoxy groups -OCH3 is 2. The summed E-state index contributed by atoms with van der Waals surface area (Å²) in [4.78, 5) is 18.5. The van der Waals surface area contributed by atoms with Crippen molar-refractivity contribution in [1.82, 2.24) is 30.1 Å². The number of pyridine rings is 1. The van der Waals surface area contributed by atoms with E-state index >= 15 is 0 Å². The largest absolute Gasteiger partial charge is 0.497 e. The Morgan fingerprint density at radius 2 is 1.73 bits per heavy atom. The molecule has 0 saturated carbocycles. The monoisotopic (exact) mass is 446 g/mol. The fourth-order valence-electron chi connectivity index (χ4n) is 4.45. The third-order valence-electron chi connectivity index (χ3n) is 6.18. The molecule has 9 heteroatoms. The smallest absolute Gasteiger partial charge is 0.253 e. The minimum Gasteiger partial charge on any atom is -0.497 e. The van der Waals surface area contributed by atoms with E-state index in [2.05, 4.69) is 25.4 Å². The Balaban J connectivity index is 1.58. The summed E-state index contributed by atoms with van der Waals surface area (Å²) in [5.74, 6) is 2.19. The average Bonchev–Trinajstić information content (AvgIpc) is 3.53. The van der Waals surface area contributed by atoms with Crippen molar-refractivity contribution in [3.05, 3.63) is 75.8 Å². The highest BCUT2D eigenvalue weighted by atomic mass is 16.5. The van der Waals surface area contributed by atoms with E-state index in [0.29, 0.717) is 17.9 Å². The van der Waals surface area contributed by atoms with Crippen LogP contribution < -0.4 is 15.0 Å². The molecule has 1 aliphatic heterocycles. The highest BCUT2D eigenvalue weighted by Gasteiger charge is 2.32. The molecule has 2 aromatic heterocycles. The van der Waals surface area contributed by atoms with Crippen molar-refractivity contribution in [2.24, 2.45) is 0 Å². The molecular formula is C24H26N6O3. The molecule has 1 saturated heterocycles. The lowest BCUT2D eigenvalue weighted by Gasteiger charge is -2.26. The molecule has 1 atom stereocenters. The second kappa shape index (κ2) is 9.03. The van der Waals surface area contributed by atoms with Gasteiger partial charge in [-0.15, -0.1) is 5.10 Å². The summed E-state index contributed by atoms with van der Waals surface area (Å²) in [7, 11) is 3.28. The second-order valence-corrected chi connectivity index (χ2v) is 8.20. The van der Waals surface area contributed by atoms with Crippen LogP contribution >= 0.6 is 0 Å². The molecule has 3 heterocycles. The van der Waals surface area contributed by atoms with Gasteiger partial charge in [-0.05, 0) is 78.3 Å². The van der Waals surface area contributed by atoms with Gasteiger partial charge in [-0.25, -0.2) is 4.68 Å². The fraction of sp³-hybridized carbons (Fsp3) is 0.333. The molecule has 0 bridgehead atoms. The summed E-state index contributed by atoms with van der Waals surface area (Å²) in [5.41, 5.74) is 2.30. The Bertz CT molecular complexity index is 1310. The zero-order valence-electron chi connectivity index (χ0n) is 18.7. The third kappa shape index (κ3) is 4.19. The van der Waals surface area contributed by atoms with E-state index in [1.165, 1.54) is 0 Å². The summed E-state index contributed by atoms with van der Waals surface area (Å²) in [5, 5.41) is 13.5. The molecule has 0 spiro atoms. The van der Waals surface area contributed by atoms with Gasteiger partial charge in [0, 0.05) is 16.5 Å². The van der Waals surface area contributed by atoms with Crippen LogP contribution in [0.5, 0.6) is 11.5 Å². The lowest BCUT2D eigenvalue weighted by molar-refractivity contribution is 0.263. The highest BCUT2D eigenvalue weighted by Crippen LogP contribution is 2.30. The van der Waals surface area contributed by atoms with Crippen LogP contribution in [0.1, 0.15) is 35.8 Å². The van der Waals surface area contributed by atoms with E-state index in [4.69, 9.17) is 9.47 Å². The van der Waals surface area contributed by atoms with Gasteiger partial charge in [0.15, 0.2) is 5.82 Å². The summed E-state index contributed by atoms with van der Waals surface area (Å²) in [6.07, 6.45) is 2.16. The first kappa shape index (κ1) is 21.1. The Morgan fingerprint density at radius 1 is 1.00 bits per heavy atom. The molecule has 0 radical (unpaired) electrons. The fourth-order valence-corrected chi connectivity index (χ4v) is 4.45. The average molecular weight is 447 g/mol. The van der Waals surface area contributed by atoms with Crippen molar-refractivity contribution in [1.29, 1.82) is 0 Å². The zero-order chi connectivity index (χ0) is 22.8. The molecule has 2 aromatic carbocycles. The van der Waals surface area contributed by atoms with E-state index in [1.54, 1.807) is 18.9 Å². The van der Waals surface area contributed by atoms with Gasteiger partial charge in [0.05, 0.1) is 20.8 Å². The number of likely N-dealkylation sites (tertiary alicyclic amines) is 1. The van der Waals surface area contributed by atoms with Crippen LogP contribution in [-0.4, -0.2) is 57.4 Å². The minimum atomic E-state index is -0.347. The molecule has 5 rings (SSSR count). The summed E-state index contributed by atoms with van der Waals surface area (Å²) in [6, 6.07) is 15.0. The number of nitrogens with one attached hydrogen (secondary N) is 1. The number of nitrogens with zero attached hydrogens (tertiary/aromatic N) is 5. The van der Waals surface area contributed by atoms with Gasteiger partial charge in [-0.3, -0.25) is 9.69 Å². The second-order valence-electron chi connectivity index (χ2n) is 8.20. The highest BCUT2D eigenvalue weighted by molar-refractivity contribution is 5.80. The predicted octanol–water partition coefficient (Wildman–Crippen LogP) is 2.77. The summed E-state index contributed by atoms with van der Waals surface area (Å²) < 4.78 is 12.4. The molecule has 0 aliphatic carbocycles. The van der Waals surface area contributed by atoms with Crippen LogP contribution in [0.25, 0.3) is 10.9 Å². The number of hydrogen-bond donors (Lipinski definition) is 1. The van der Waals surface area contributed by atoms with E-state index in [-0.39, 0.29) is 11.6 Å². The van der Waals surface area contributed by atoms with Gasteiger partial charge in [-0.1, -0.05) is 12.1 Å². The number of aromatic amines is 1. The van der Waals surface area contributed by atoms with Crippen LogP contribution in [-0.2, 0) is 6.54 Å². The van der Waals surface area contributed by atoms with E-state index in [0.717, 1.165) is 53.9 Å². The summed E-state index contributed by atoms with van der Waals surface area (Å²) >= 11 is 0. The number of H-pyrrole nitrogens is 1. The van der Waals surface area contributed by atoms with Crippen LogP contribution in [0.15, 0.2) is 53.3 Å². The van der Waals surface area contributed by atoms with Crippen LogP contribution in [0.4, 0.5) is 0 Å². The molecule has 1 N–H and O–H groups in total. The van der Waals surface area contributed by atoms with Gasteiger partial charge < -0.3 is 14.5 Å². The van der Waals surface area contributed by atoms with E-state index in [9.17, 15) is 4.79 Å². The van der Waals surface area contributed by atoms with Crippen LogP contribution in [0, 0.1) is 0 Å². The van der Waals surface area contributed by atoms with Gasteiger partial charge >= 0.3 is 0 Å². The minimum absolute atomic E-state index is 0.136. The molecular weight excluding hydrogens is 420 g/mol. The number of hydrogen-bond acceptors (Lipinski definition) is 7. The van der Waals surface area contributed by atoms with Gasteiger partial charge in [0.1, 0.15) is 17.5 Å². The zero-order valence-corrected chi connectivity index (χ0v) is 18.7. The third-order valence-corrected chi connectivity index (χ3v) is 6.18. The van der Waals surface area contributed by atoms with Crippen molar-refractivity contribution in [3.8, 4) is 11.5 Å². The number of fused-ring (bicyclic) bond motifs is 1. The van der Waals surface area contributed by atoms with Crippen molar-refractivity contribution in [2.75, 3.05) is 27.3 Å². The Kier molecular flexibility index (Phi) is 5.78. The Labute approximate surface area is 190 Å². The van der Waals surface area contributed by atoms with Crippen LogP contribution in [0.3, 0.4) is 0 Å². The number of rotatable bonds is 7. The molecule has 1 aliphatic rings. The number of benzene rings is 2. The van der Waals surface area contributed by atoms with Crippen LogP contribution in [0.2, 0.25) is 0 Å². The standard InChI is InChI=1S/C24H26N6O3/c1-32-18-7-5-16(6-8-18)15-30-23(26-27-28-30)22(29-11-3-4-12-29)20-14-17-13-19(33-2)9-10-21(17)25-24(20)31/h5-10,13-14,22H,3-4,11-12,15H2,1-2H3,(H,25,31)/t22-/m1/s1.